The van der Waals surface area contributed by atoms with E-state index in [1.165, 1.54) is 31.2 Å². The zero-order valence-electron chi connectivity index (χ0n) is 17.1. The lowest BCUT2D eigenvalue weighted by molar-refractivity contribution is 0.0733. The monoisotopic (exact) mass is 378 g/mol. The first kappa shape index (κ1) is 18.9. The van der Waals surface area contributed by atoms with Gasteiger partial charge >= 0.3 is 0 Å². The molecule has 0 unspecified atom stereocenters. The van der Waals surface area contributed by atoms with Crippen LogP contribution in [0.1, 0.15) is 65.6 Å². The number of carbonyl (C=O) groups is 1. The molecular weight excluding hydrogens is 348 g/mol. The smallest absolute Gasteiger partial charge is 0.254 e. The Morgan fingerprint density at radius 1 is 1.07 bits per heavy atom. The maximum absolute atomic E-state index is 13.1. The Bertz CT molecular complexity index is 840. The van der Waals surface area contributed by atoms with E-state index in [0.29, 0.717) is 6.54 Å². The van der Waals surface area contributed by atoms with Crippen LogP contribution in [0, 0.1) is 6.92 Å². The Morgan fingerprint density at radius 2 is 1.82 bits per heavy atom. The second-order valence-electron chi connectivity index (χ2n) is 7.99. The number of hydrogen-bond acceptors (Lipinski definition) is 4. The molecule has 0 saturated carbocycles. The maximum Gasteiger partial charge on any atom is 0.254 e. The van der Waals surface area contributed by atoms with Crippen molar-refractivity contribution in [2.75, 3.05) is 24.5 Å². The SMILES string of the molecule is CCCCc1ccc(C(=O)N2CCc3nc(C)nc(N4CCCC4)c3C2)cc1. The first-order valence-corrected chi connectivity index (χ1v) is 10.6. The summed E-state index contributed by atoms with van der Waals surface area (Å²) in [7, 11) is 0. The van der Waals surface area contributed by atoms with Crippen LogP contribution in [0.4, 0.5) is 5.82 Å². The molecule has 0 radical (unpaired) electrons. The lowest BCUT2D eigenvalue weighted by Crippen LogP contribution is -2.38. The summed E-state index contributed by atoms with van der Waals surface area (Å²) in [5.41, 5.74) is 4.35. The number of aryl methyl sites for hydroxylation is 2. The van der Waals surface area contributed by atoms with Crippen LogP contribution < -0.4 is 4.90 Å². The van der Waals surface area contributed by atoms with E-state index < -0.39 is 0 Å². The van der Waals surface area contributed by atoms with Gasteiger partial charge in [0.15, 0.2) is 0 Å². The minimum absolute atomic E-state index is 0.112. The first-order chi connectivity index (χ1) is 13.7. The van der Waals surface area contributed by atoms with Crippen LogP contribution in [0.3, 0.4) is 0 Å². The number of hydrogen-bond donors (Lipinski definition) is 0. The number of aromatic nitrogens is 2. The van der Waals surface area contributed by atoms with Gasteiger partial charge in [-0.25, -0.2) is 9.97 Å². The fourth-order valence-electron chi connectivity index (χ4n) is 4.26. The summed E-state index contributed by atoms with van der Waals surface area (Å²) < 4.78 is 0. The Balaban J connectivity index is 1.54. The topological polar surface area (TPSA) is 49.3 Å². The highest BCUT2D eigenvalue weighted by molar-refractivity contribution is 5.94. The summed E-state index contributed by atoms with van der Waals surface area (Å²) in [6.45, 7) is 7.61. The van der Waals surface area contributed by atoms with Gasteiger partial charge in [-0.1, -0.05) is 25.5 Å². The molecule has 0 spiro atoms. The number of amides is 1. The van der Waals surface area contributed by atoms with Crippen molar-refractivity contribution in [3.8, 4) is 0 Å². The summed E-state index contributed by atoms with van der Waals surface area (Å²) in [5.74, 6) is 2.00. The lowest BCUT2D eigenvalue weighted by Gasteiger charge is -2.31. The molecule has 0 atom stereocenters. The Labute approximate surface area is 167 Å². The van der Waals surface area contributed by atoms with Crippen molar-refractivity contribution in [1.29, 1.82) is 0 Å². The summed E-state index contributed by atoms with van der Waals surface area (Å²) in [6, 6.07) is 8.16. The molecule has 3 heterocycles. The molecule has 1 aromatic heterocycles. The van der Waals surface area contributed by atoms with Gasteiger partial charge in [0.05, 0.1) is 12.2 Å². The molecule has 1 fully saturated rings. The fourth-order valence-corrected chi connectivity index (χ4v) is 4.26. The molecule has 1 aromatic carbocycles. The second kappa shape index (κ2) is 8.29. The number of unbranched alkanes of at least 4 members (excludes halogenated alkanes) is 1. The van der Waals surface area contributed by atoms with Crippen LogP contribution in [0.5, 0.6) is 0 Å². The zero-order chi connectivity index (χ0) is 19.5. The minimum Gasteiger partial charge on any atom is -0.356 e. The van der Waals surface area contributed by atoms with Crippen molar-refractivity contribution in [2.24, 2.45) is 0 Å². The van der Waals surface area contributed by atoms with E-state index in [-0.39, 0.29) is 5.91 Å². The maximum atomic E-state index is 13.1. The van der Waals surface area contributed by atoms with E-state index in [1.807, 2.05) is 24.0 Å². The largest absolute Gasteiger partial charge is 0.356 e. The molecule has 0 N–H and O–H groups in total. The van der Waals surface area contributed by atoms with E-state index in [9.17, 15) is 4.79 Å². The number of fused-ring (bicyclic) bond motifs is 1. The van der Waals surface area contributed by atoms with Crippen LogP contribution in [0.25, 0.3) is 0 Å². The molecule has 0 bridgehead atoms. The molecule has 1 amide bonds. The lowest BCUT2D eigenvalue weighted by atomic mass is 10.0. The number of nitrogens with zero attached hydrogens (tertiary/aromatic N) is 4. The van der Waals surface area contributed by atoms with Gasteiger partial charge in [-0.05, 0) is 50.3 Å². The predicted octanol–water partition coefficient (Wildman–Crippen LogP) is 3.93. The highest BCUT2D eigenvalue weighted by Crippen LogP contribution is 2.29. The summed E-state index contributed by atoms with van der Waals surface area (Å²) in [4.78, 5) is 26.9. The third-order valence-electron chi connectivity index (χ3n) is 5.86. The molecule has 2 aliphatic heterocycles. The highest BCUT2D eigenvalue weighted by Gasteiger charge is 2.28. The van der Waals surface area contributed by atoms with Crippen LogP contribution in [-0.2, 0) is 19.4 Å². The van der Waals surface area contributed by atoms with E-state index in [4.69, 9.17) is 4.98 Å². The zero-order valence-corrected chi connectivity index (χ0v) is 17.1. The van der Waals surface area contributed by atoms with E-state index in [2.05, 4.69) is 28.9 Å². The van der Waals surface area contributed by atoms with Gasteiger partial charge in [0.25, 0.3) is 5.91 Å². The highest BCUT2D eigenvalue weighted by atomic mass is 16.2. The number of benzene rings is 1. The Kier molecular flexibility index (Phi) is 5.60. The molecule has 28 heavy (non-hydrogen) atoms. The third kappa shape index (κ3) is 3.89. The molecule has 5 nitrogen and oxygen atoms in total. The molecule has 5 heteroatoms. The van der Waals surface area contributed by atoms with Crippen molar-refractivity contribution in [2.45, 2.75) is 58.9 Å². The quantitative estimate of drug-likeness (QED) is 0.791. The molecule has 4 rings (SSSR count). The standard InChI is InChI=1S/C23H30N4O/c1-3-4-7-18-8-10-19(11-9-18)23(28)27-15-12-21-20(16-27)22(25-17(2)24-21)26-13-5-6-14-26/h8-11H,3-7,12-16H2,1-2H3. The first-order valence-electron chi connectivity index (χ1n) is 10.6. The van der Waals surface area contributed by atoms with Gasteiger partial charge in [0.2, 0.25) is 0 Å². The minimum atomic E-state index is 0.112. The number of carbonyl (C=O) groups excluding carboxylic acids is 1. The van der Waals surface area contributed by atoms with E-state index in [0.717, 1.165) is 60.9 Å². The van der Waals surface area contributed by atoms with Crippen molar-refractivity contribution in [3.05, 3.63) is 52.5 Å². The average molecular weight is 379 g/mol. The Hall–Kier alpha value is -2.43. The number of anilines is 1. The second-order valence-corrected chi connectivity index (χ2v) is 7.99. The van der Waals surface area contributed by atoms with Gasteiger partial charge in [-0.2, -0.15) is 0 Å². The average Bonchev–Trinajstić information content (AvgIpc) is 3.26. The van der Waals surface area contributed by atoms with Crippen LogP contribution in [-0.4, -0.2) is 40.4 Å². The van der Waals surface area contributed by atoms with Crippen LogP contribution in [0.15, 0.2) is 24.3 Å². The van der Waals surface area contributed by atoms with Crippen molar-refractivity contribution < 1.29 is 4.79 Å². The van der Waals surface area contributed by atoms with Crippen molar-refractivity contribution in [3.63, 3.8) is 0 Å². The van der Waals surface area contributed by atoms with Crippen molar-refractivity contribution in [1.82, 2.24) is 14.9 Å². The molecule has 148 valence electrons. The normalized spacial score (nSPS) is 16.4. The van der Waals surface area contributed by atoms with E-state index >= 15 is 0 Å². The van der Waals surface area contributed by atoms with Gasteiger partial charge in [0.1, 0.15) is 11.6 Å². The van der Waals surface area contributed by atoms with Gasteiger partial charge in [0, 0.05) is 37.2 Å². The summed E-state index contributed by atoms with van der Waals surface area (Å²) in [6.07, 6.45) is 6.69. The predicted molar refractivity (Wildman–Crippen MR) is 112 cm³/mol. The fraction of sp³-hybridized carbons (Fsp3) is 0.522. The van der Waals surface area contributed by atoms with Crippen LogP contribution in [0.2, 0.25) is 0 Å². The molecule has 0 aliphatic carbocycles. The molecule has 2 aliphatic rings. The van der Waals surface area contributed by atoms with E-state index in [1.54, 1.807) is 0 Å². The molecule has 1 saturated heterocycles. The molecular formula is C23H30N4O. The van der Waals surface area contributed by atoms with Gasteiger partial charge in [-0.15, -0.1) is 0 Å². The van der Waals surface area contributed by atoms with Crippen LogP contribution >= 0.6 is 0 Å². The van der Waals surface area contributed by atoms with Crippen molar-refractivity contribution >= 4 is 11.7 Å². The summed E-state index contributed by atoms with van der Waals surface area (Å²) >= 11 is 0. The van der Waals surface area contributed by atoms with Gasteiger partial charge < -0.3 is 9.80 Å². The Morgan fingerprint density at radius 3 is 2.54 bits per heavy atom. The third-order valence-corrected chi connectivity index (χ3v) is 5.86. The molecule has 2 aromatic rings. The summed E-state index contributed by atoms with van der Waals surface area (Å²) in [5, 5.41) is 0. The number of rotatable bonds is 5. The van der Waals surface area contributed by atoms with Gasteiger partial charge in [-0.3, -0.25) is 4.79 Å².